The summed E-state index contributed by atoms with van der Waals surface area (Å²) in [6.45, 7) is 5.47. The first-order valence-corrected chi connectivity index (χ1v) is 6.66. The predicted octanol–water partition coefficient (Wildman–Crippen LogP) is 2.22. The van der Waals surface area contributed by atoms with E-state index in [2.05, 4.69) is 15.5 Å². The van der Waals surface area contributed by atoms with Crippen molar-refractivity contribution in [2.45, 2.75) is 26.9 Å². The molecule has 0 saturated heterocycles. The van der Waals surface area contributed by atoms with Gasteiger partial charge in [-0.1, -0.05) is 0 Å². The van der Waals surface area contributed by atoms with Crippen LogP contribution in [0.5, 0.6) is 5.75 Å². The molecule has 2 rings (SSSR count). The van der Waals surface area contributed by atoms with Crippen molar-refractivity contribution in [2.75, 3.05) is 11.9 Å². The molecular weight excluding hydrogens is 274 g/mol. The van der Waals surface area contributed by atoms with Crippen LogP contribution in [0, 0.1) is 10.1 Å². The van der Waals surface area contributed by atoms with Crippen molar-refractivity contribution in [2.24, 2.45) is 0 Å². The summed E-state index contributed by atoms with van der Waals surface area (Å²) in [6.07, 6.45) is 1.65. The fraction of sp³-hybridized carbons (Fsp3) is 0.385. The van der Waals surface area contributed by atoms with Gasteiger partial charge in [-0.2, -0.15) is 0 Å². The molecule has 112 valence electrons. The second-order valence-corrected chi connectivity index (χ2v) is 4.29. The van der Waals surface area contributed by atoms with Crippen LogP contribution in [0.1, 0.15) is 19.7 Å². The molecule has 21 heavy (non-hydrogen) atoms. The number of nitrogens with one attached hydrogen (secondary N) is 1. The Hall–Kier alpha value is -2.64. The summed E-state index contributed by atoms with van der Waals surface area (Å²) in [5, 5.41) is 21.9. The molecule has 0 saturated carbocycles. The smallest absolute Gasteiger partial charge is 0.275 e. The van der Waals surface area contributed by atoms with E-state index in [0.29, 0.717) is 24.6 Å². The third-order valence-corrected chi connectivity index (χ3v) is 2.90. The molecule has 0 amide bonds. The van der Waals surface area contributed by atoms with Crippen molar-refractivity contribution in [3.8, 4) is 5.75 Å². The van der Waals surface area contributed by atoms with Crippen LogP contribution >= 0.6 is 0 Å². The Kier molecular flexibility index (Phi) is 4.70. The summed E-state index contributed by atoms with van der Waals surface area (Å²) >= 11 is 0. The Morgan fingerprint density at radius 3 is 2.86 bits per heavy atom. The number of hydrogen-bond donors (Lipinski definition) is 1. The van der Waals surface area contributed by atoms with Crippen molar-refractivity contribution in [3.63, 3.8) is 0 Å². The zero-order valence-electron chi connectivity index (χ0n) is 11.9. The highest BCUT2D eigenvalue weighted by Gasteiger charge is 2.11. The van der Waals surface area contributed by atoms with E-state index in [0.717, 1.165) is 12.4 Å². The lowest BCUT2D eigenvalue weighted by Gasteiger charge is -2.09. The van der Waals surface area contributed by atoms with Gasteiger partial charge in [-0.15, -0.1) is 10.2 Å². The standard InChI is InChI=1S/C13H17N5O3/c1-3-17-9-15-16-13(17)8-14-10-5-11(18(19)20)7-12(6-10)21-4-2/h5-7,9,14H,3-4,8H2,1-2H3. The summed E-state index contributed by atoms with van der Waals surface area (Å²) in [5.74, 6) is 1.23. The molecule has 0 fully saturated rings. The number of nitrogens with zero attached hydrogens (tertiary/aromatic N) is 4. The lowest BCUT2D eigenvalue weighted by atomic mass is 10.2. The van der Waals surface area contributed by atoms with Gasteiger partial charge in [0.1, 0.15) is 12.1 Å². The minimum absolute atomic E-state index is 0.0135. The van der Waals surface area contributed by atoms with E-state index in [1.807, 2.05) is 18.4 Å². The quantitative estimate of drug-likeness (QED) is 0.620. The fourth-order valence-electron chi connectivity index (χ4n) is 1.90. The monoisotopic (exact) mass is 291 g/mol. The maximum atomic E-state index is 10.9. The molecule has 1 heterocycles. The van der Waals surface area contributed by atoms with E-state index in [4.69, 9.17) is 4.74 Å². The highest BCUT2D eigenvalue weighted by Crippen LogP contribution is 2.26. The topological polar surface area (TPSA) is 95.1 Å². The Morgan fingerprint density at radius 2 is 2.19 bits per heavy atom. The molecule has 8 nitrogen and oxygen atoms in total. The molecule has 1 N–H and O–H groups in total. The van der Waals surface area contributed by atoms with E-state index < -0.39 is 4.92 Å². The van der Waals surface area contributed by atoms with Gasteiger partial charge in [-0.25, -0.2) is 0 Å². The van der Waals surface area contributed by atoms with Crippen LogP contribution in [-0.2, 0) is 13.1 Å². The summed E-state index contributed by atoms with van der Waals surface area (Å²) < 4.78 is 7.24. The highest BCUT2D eigenvalue weighted by atomic mass is 16.6. The van der Waals surface area contributed by atoms with Gasteiger partial charge < -0.3 is 14.6 Å². The summed E-state index contributed by atoms with van der Waals surface area (Å²) in [5.41, 5.74) is 0.596. The maximum absolute atomic E-state index is 10.9. The first-order valence-electron chi connectivity index (χ1n) is 6.66. The molecule has 0 unspecified atom stereocenters. The van der Waals surface area contributed by atoms with Crippen LogP contribution < -0.4 is 10.1 Å². The van der Waals surface area contributed by atoms with E-state index in [1.54, 1.807) is 12.4 Å². The highest BCUT2D eigenvalue weighted by molar-refractivity contribution is 5.56. The van der Waals surface area contributed by atoms with Gasteiger partial charge in [0.15, 0.2) is 5.82 Å². The summed E-state index contributed by atoms with van der Waals surface area (Å²) in [4.78, 5) is 10.5. The molecule has 2 aromatic rings. The fourth-order valence-corrected chi connectivity index (χ4v) is 1.90. The molecule has 0 aliphatic rings. The van der Waals surface area contributed by atoms with Crippen LogP contribution in [0.3, 0.4) is 0 Å². The number of nitro groups is 1. The Labute approximate surface area is 121 Å². The molecular formula is C13H17N5O3. The van der Waals surface area contributed by atoms with Crippen LogP contribution in [0.25, 0.3) is 0 Å². The zero-order valence-corrected chi connectivity index (χ0v) is 11.9. The normalized spacial score (nSPS) is 10.4. The van der Waals surface area contributed by atoms with Crippen LogP contribution in [0.4, 0.5) is 11.4 Å². The van der Waals surface area contributed by atoms with Crippen molar-refractivity contribution in [1.29, 1.82) is 0 Å². The maximum Gasteiger partial charge on any atom is 0.275 e. The van der Waals surface area contributed by atoms with Crippen LogP contribution in [-0.4, -0.2) is 26.3 Å². The lowest BCUT2D eigenvalue weighted by Crippen LogP contribution is -2.08. The predicted molar refractivity (Wildman–Crippen MR) is 77.3 cm³/mol. The third-order valence-electron chi connectivity index (χ3n) is 2.90. The first kappa shape index (κ1) is 14.8. The average Bonchev–Trinajstić information content (AvgIpc) is 2.92. The second-order valence-electron chi connectivity index (χ2n) is 4.29. The number of rotatable bonds is 7. The number of aromatic nitrogens is 3. The van der Waals surface area contributed by atoms with Gasteiger partial charge >= 0.3 is 0 Å². The van der Waals surface area contributed by atoms with Gasteiger partial charge in [0.05, 0.1) is 24.1 Å². The van der Waals surface area contributed by atoms with E-state index in [1.165, 1.54) is 12.1 Å². The third kappa shape index (κ3) is 3.68. The molecule has 1 aromatic carbocycles. The second kappa shape index (κ2) is 6.69. The molecule has 0 spiro atoms. The van der Waals surface area contributed by atoms with Gasteiger partial charge in [-0.05, 0) is 13.8 Å². The van der Waals surface area contributed by atoms with Crippen molar-refractivity contribution in [3.05, 3.63) is 40.5 Å². The Bertz CT molecular complexity index is 626. The van der Waals surface area contributed by atoms with Crippen LogP contribution in [0.2, 0.25) is 0 Å². The number of hydrogen-bond acceptors (Lipinski definition) is 6. The van der Waals surface area contributed by atoms with E-state index in [-0.39, 0.29) is 5.69 Å². The largest absolute Gasteiger partial charge is 0.494 e. The number of ether oxygens (including phenoxy) is 1. The van der Waals surface area contributed by atoms with Crippen LogP contribution in [0.15, 0.2) is 24.5 Å². The van der Waals surface area contributed by atoms with Crippen molar-refractivity contribution < 1.29 is 9.66 Å². The van der Waals surface area contributed by atoms with Gasteiger partial charge in [0.25, 0.3) is 5.69 Å². The zero-order chi connectivity index (χ0) is 15.2. The summed E-state index contributed by atoms with van der Waals surface area (Å²) in [7, 11) is 0. The number of aryl methyl sites for hydroxylation is 1. The molecule has 8 heteroatoms. The summed E-state index contributed by atoms with van der Waals surface area (Å²) in [6, 6.07) is 4.60. The van der Waals surface area contributed by atoms with E-state index in [9.17, 15) is 10.1 Å². The van der Waals surface area contributed by atoms with Gasteiger partial charge in [-0.3, -0.25) is 10.1 Å². The molecule has 1 aromatic heterocycles. The molecule has 0 radical (unpaired) electrons. The minimum atomic E-state index is -0.442. The molecule has 0 bridgehead atoms. The number of anilines is 1. The lowest BCUT2D eigenvalue weighted by molar-refractivity contribution is -0.384. The van der Waals surface area contributed by atoms with Crippen molar-refractivity contribution >= 4 is 11.4 Å². The number of nitro benzene ring substituents is 1. The van der Waals surface area contributed by atoms with E-state index >= 15 is 0 Å². The average molecular weight is 291 g/mol. The molecule has 0 aliphatic heterocycles. The van der Waals surface area contributed by atoms with Gasteiger partial charge in [0.2, 0.25) is 0 Å². The first-order chi connectivity index (χ1) is 10.1. The number of benzene rings is 1. The van der Waals surface area contributed by atoms with Gasteiger partial charge in [0, 0.05) is 24.4 Å². The minimum Gasteiger partial charge on any atom is -0.494 e. The molecule has 0 aliphatic carbocycles. The Balaban J connectivity index is 2.16. The SMILES string of the molecule is CCOc1cc(NCc2nncn2CC)cc([N+](=O)[O-])c1. The Morgan fingerprint density at radius 1 is 1.38 bits per heavy atom. The molecule has 0 atom stereocenters. The number of non-ortho nitro benzene ring substituents is 1. The van der Waals surface area contributed by atoms with Crippen molar-refractivity contribution in [1.82, 2.24) is 14.8 Å².